The van der Waals surface area contributed by atoms with Crippen molar-refractivity contribution in [3.05, 3.63) is 35.9 Å². The highest BCUT2D eigenvalue weighted by atomic mass is 16.2. The molecule has 19 heavy (non-hydrogen) atoms. The van der Waals surface area contributed by atoms with Gasteiger partial charge in [-0.2, -0.15) is 5.26 Å². The zero-order valence-corrected chi connectivity index (χ0v) is 10.9. The van der Waals surface area contributed by atoms with E-state index in [1.807, 2.05) is 30.3 Å². The molecule has 0 heterocycles. The average molecular weight is 257 g/mol. The van der Waals surface area contributed by atoms with Crippen molar-refractivity contribution >= 4 is 5.91 Å². The lowest BCUT2D eigenvalue weighted by molar-refractivity contribution is -0.123. The van der Waals surface area contributed by atoms with E-state index in [0.717, 1.165) is 24.8 Å². The summed E-state index contributed by atoms with van der Waals surface area (Å²) >= 11 is 0. The van der Waals surface area contributed by atoms with Crippen molar-refractivity contribution in [1.82, 2.24) is 5.32 Å². The van der Waals surface area contributed by atoms with Crippen molar-refractivity contribution in [3.63, 3.8) is 0 Å². The van der Waals surface area contributed by atoms with Crippen LogP contribution in [0.2, 0.25) is 0 Å². The van der Waals surface area contributed by atoms with Gasteiger partial charge >= 0.3 is 0 Å². The van der Waals surface area contributed by atoms with Gasteiger partial charge in [-0.05, 0) is 31.2 Å². The van der Waals surface area contributed by atoms with Gasteiger partial charge in [0.2, 0.25) is 5.91 Å². The van der Waals surface area contributed by atoms with Crippen molar-refractivity contribution in [2.75, 3.05) is 0 Å². The number of amides is 1. The van der Waals surface area contributed by atoms with Crippen LogP contribution in [0.25, 0.3) is 0 Å². The van der Waals surface area contributed by atoms with E-state index in [1.165, 1.54) is 0 Å². The van der Waals surface area contributed by atoms with Gasteiger partial charge in [0.15, 0.2) is 0 Å². The van der Waals surface area contributed by atoms with Gasteiger partial charge in [0.1, 0.15) is 0 Å². The highest BCUT2D eigenvalue weighted by Gasteiger charge is 2.29. The van der Waals surface area contributed by atoms with Crippen molar-refractivity contribution in [1.29, 1.82) is 5.26 Å². The van der Waals surface area contributed by atoms with Gasteiger partial charge in [-0.3, -0.25) is 4.79 Å². The van der Waals surface area contributed by atoms with Crippen LogP contribution in [0.3, 0.4) is 0 Å². The Morgan fingerprint density at radius 3 is 2.84 bits per heavy atom. The molecule has 0 bridgehead atoms. The summed E-state index contributed by atoms with van der Waals surface area (Å²) in [7, 11) is 0. The molecule has 100 valence electrons. The molecule has 4 nitrogen and oxygen atoms in total. The number of carbonyl (C=O) groups is 1. The van der Waals surface area contributed by atoms with Gasteiger partial charge in [-0.1, -0.05) is 30.3 Å². The quantitative estimate of drug-likeness (QED) is 0.855. The monoisotopic (exact) mass is 257 g/mol. The maximum absolute atomic E-state index is 12.0. The molecule has 0 saturated heterocycles. The molecule has 1 aromatic carbocycles. The van der Waals surface area contributed by atoms with Crippen LogP contribution in [0.1, 0.15) is 24.8 Å². The Balaban J connectivity index is 1.88. The molecule has 1 aliphatic rings. The zero-order chi connectivity index (χ0) is 13.7. The van der Waals surface area contributed by atoms with E-state index >= 15 is 0 Å². The molecule has 1 fully saturated rings. The molecular weight excluding hydrogens is 238 g/mol. The zero-order valence-electron chi connectivity index (χ0n) is 10.9. The lowest BCUT2D eigenvalue weighted by atomic mass is 10.0. The van der Waals surface area contributed by atoms with Gasteiger partial charge in [-0.15, -0.1) is 0 Å². The lowest BCUT2D eigenvalue weighted by Gasteiger charge is -2.19. The molecule has 2 rings (SSSR count). The molecule has 1 amide bonds. The van der Waals surface area contributed by atoms with Crippen molar-refractivity contribution in [2.45, 2.75) is 37.8 Å². The third-order valence-corrected chi connectivity index (χ3v) is 3.64. The van der Waals surface area contributed by atoms with E-state index in [1.54, 1.807) is 0 Å². The topological polar surface area (TPSA) is 78.9 Å². The number of nitrogens with zero attached hydrogens (tertiary/aromatic N) is 1. The number of nitrogens with two attached hydrogens (primary N) is 1. The number of carbonyl (C=O) groups excluding carboxylic acids is 1. The van der Waals surface area contributed by atoms with Gasteiger partial charge in [0, 0.05) is 6.04 Å². The summed E-state index contributed by atoms with van der Waals surface area (Å²) in [6.07, 6.45) is 3.27. The molecule has 1 aliphatic carbocycles. The third-order valence-electron chi connectivity index (χ3n) is 3.64. The van der Waals surface area contributed by atoms with Crippen LogP contribution in [0.5, 0.6) is 0 Å². The second-order valence-corrected chi connectivity index (χ2v) is 5.08. The minimum Gasteiger partial charge on any atom is -0.351 e. The van der Waals surface area contributed by atoms with E-state index in [-0.39, 0.29) is 17.9 Å². The molecule has 1 aromatic rings. The Bertz CT molecular complexity index is 466. The number of rotatable bonds is 4. The highest BCUT2D eigenvalue weighted by Crippen LogP contribution is 2.24. The molecule has 0 aromatic heterocycles. The van der Waals surface area contributed by atoms with Gasteiger partial charge in [0.25, 0.3) is 0 Å². The summed E-state index contributed by atoms with van der Waals surface area (Å²) in [5, 5.41) is 11.9. The van der Waals surface area contributed by atoms with Crippen molar-refractivity contribution < 1.29 is 4.79 Å². The van der Waals surface area contributed by atoms with Crippen LogP contribution in [-0.2, 0) is 11.2 Å². The maximum atomic E-state index is 12.0. The first-order valence-corrected chi connectivity index (χ1v) is 6.70. The van der Waals surface area contributed by atoms with E-state index < -0.39 is 6.04 Å². The van der Waals surface area contributed by atoms with Gasteiger partial charge < -0.3 is 11.1 Å². The molecule has 0 radical (unpaired) electrons. The highest BCUT2D eigenvalue weighted by molar-refractivity contribution is 5.82. The van der Waals surface area contributed by atoms with Crippen LogP contribution < -0.4 is 11.1 Å². The summed E-state index contributed by atoms with van der Waals surface area (Å²) in [5.41, 5.74) is 6.97. The van der Waals surface area contributed by atoms with Gasteiger partial charge in [-0.25, -0.2) is 0 Å². The molecule has 2 unspecified atom stereocenters. The molecule has 3 N–H and O–H groups in total. The Kier molecular flexibility index (Phi) is 4.53. The lowest BCUT2D eigenvalue weighted by Crippen LogP contribution is -2.47. The predicted molar refractivity (Wildman–Crippen MR) is 73.0 cm³/mol. The van der Waals surface area contributed by atoms with Crippen LogP contribution in [0, 0.1) is 17.2 Å². The molecule has 4 heteroatoms. The van der Waals surface area contributed by atoms with E-state index in [2.05, 4.69) is 11.4 Å². The van der Waals surface area contributed by atoms with Crippen LogP contribution in [-0.4, -0.2) is 18.0 Å². The summed E-state index contributed by atoms with van der Waals surface area (Å²) in [6, 6.07) is 11.4. The summed E-state index contributed by atoms with van der Waals surface area (Å²) < 4.78 is 0. The number of nitriles is 1. The summed E-state index contributed by atoms with van der Waals surface area (Å²) in [4.78, 5) is 12.0. The Morgan fingerprint density at radius 1 is 1.42 bits per heavy atom. The number of benzene rings is 1. The second kappa shape index (κ2) is 6.35. The number of hydrogen-bond acceptors (Lipinski definition) is 3. The SMILES string of the molecule is N#CC1CCCC1NC(=O)[C@H](N)Cc1ccccc1. The smallest absolute Gasteiger partial charge is 0.237 e. The normalized spacial score (nSPS) is 23.6. The molecule has 3 atom stereocenters. The number of nitrogens with one attached hydrogen (secondary N) is 1. The second-order valence-electron chi connectivity index (χ2n) is 5.08. The third kappa shape index (κ3) is 3.55. The minimum absolute atomic E-state index is 0.0284. The number of hydrogen-bond donors (Lipinski definition) is 2. The van der Waals surface area contributed by atoms with Crippen LogP contribution in [0.4, 0.5) is 0 Å². The fraction of sp³-hybridized carbons (Fsp3) is 0.467. The Hall–Kier alpha value is -1.86. The molecule has 0 spiro atoms. The van der Waals surface area contributed by atoms with E-state index in [9.17, 15) is 4.79 Å². The van der Waals surface area contributed by atoms with Gasteiger partial charge in [0.05, 0.1) is 18.0 Å². The molecular formula is C15H19N3O. The Labute approximate surface area is 113 Å². The fourth-order valence-electron chi connectivity index (χ4n) is 2.54. The van der Waals surface area contributed by atoms with E-state index in [4.69, 9.17) is 11.0 Å². The largest absolute Gasteiger partial charge is 0.351 e. The van der Waals surface area contributed by atoms with Crippen molar-refractivity contribution in [3.8, 4) is 6.07 Å². The fourth-order valence-corrected chi connectivity index (χ4v) is 2.54. The first-order valence-electron chi connectivity index (χ1n) is 6.70. The first kappa shape index (κ1) is 13.6. The minimum atomic E-state index is -0.553. The van der Waals surface area contributed by atoms with Crippen molar-refractivity contribution in [2.24, 2.45) is 11.7 Å². The molecule has 1 saturated carbocycles. The first-order chi connectivity index (χ1) is 9.20. The summed E-state index contributed by atoms with van der Waals surface area (Å²) in [5.74, 6) is -0.219. The Morgan fingerprint density at radius 2 is 2.16 bits per heavy atom. The average Bonchev–Trinajstić information content (AvgIpc) is 2.87. The maximum Gasteiger partial charge on any atom is 0.237 e. The predicted octanol–water partition coefficient (Wildman–Crippen LogP) is 1.36. The van der Waals surface area contributed by atoms with E-state index in [0.29, 0.717) is 6.42 Å². The molecule has 0 aliphatic heterocycles. The van der Waals surface area contributed by atoms with Crippen LogP contribution >= 0.6 is 0 Å². The van der Waals surface area contributed by atoms with Crippen LogP contribution in [0.15, 0.2) is 30.3 Å². The standard InChI is InChI=1S/C15H19N3O/c16-10-12-7-4-8-14(12)18-15(19)13(17)9-11-5-2-1-3-6-11/h1-3,5-6,12-14H,4,7-9,17H2,(H,18,19)/t12?,13-,14?/m1/s1. The summed E-state index contributed by atoms with van der Waals surface area (Å²) in [6.45, 7) is 0.